The van der Waals surface area contributed by atoms with Crippen molar-refractivity contribution in [1.82, 2.24) is 0 Å². The molecule has 3 heteroatoms. The van der Waals surface area contributed by atoms with Crippen molar-refractivity contribution in [1.29, 1.82) is 0 Å². The summed E-state index contributed by atoms with van der Waals surface area (Å²) < 4.78 is 0. The van der Waals surface area contributed by atoms with Crippen molar-refractivity contribution >= 4 is 25.9 Å². The molecule has 0 amide bonds. The van der Waals surface area contributed by atoms with E-state index >= 15 is 0 Å². The van der Waals surface area contributed by atoms with E-state index in [9.17, 15) is 9.59 Å². The Kier molecular flexibility index (Phi) is 3.42. The van der Waals surface area contributed by atoms with Gasteiger partial charge in [0.25, 0.3) is 0 Å². The van der Waals surface area contributed by atoms with E-state index in [4.69, 9.17) is 7.85 Å². The van der Waals surface area contributed by atoms with Crippen molar-refractivity contribution in [2.24, 2.45) is 0 Å². The molecule has 86 valence electrons. The topological polar surface area (TPSA) is 34.1 Å². The summed E-state index contributed by atoms with van der Waals surface area (Å²) in [6.45, 7) is 1.92. The SMILES string of the molecule is [B]c1ccc(-c2ccc(C)cc2C=O)c(C=O)c1. The second-order valence-corrected chi connectivity index (χ2v) is 4.17. The number of hydrogen-bond acceptors (Lipinski definition) is 2. The zero-order valence-corrected chi connectivity index (χ0v) is 10.0. The molecule has 0 saturated carbocycles. The van der Waals surface area contributed by atoms with Crippen LogP contribution in [0.25, 0.3) is 11.1 Å². The average Bonchev–Trinajstić information content (AvgIpc) is 2.38. The monoisotopic (exact) mass is 234 g/mol. The summed E-state index contributed by atoms with van der Waals surface area (Å²) in [7, 11) is 5.65. The Balaban J connectivity index is 2.68. The van der Waals surface area contributed by atoms with Crippen LogP contribution >= 0.6 is 0 Å². The van der Waals surface area contributed by atoms with Gasteiger partial charge in [0.05, 0.1) is 0 Å². The van der Waals surface area contributed by atoms with Crippen LogP contribution in [0.5, 0.6) is 0 Å². The minimum atomic E-state index is 0.488. The molecule has 0 fully saturated rings. The van der Waals surface area contributed by atoms with Gasteiger partial charge in [0, 0.05) is 11.1 Å². The van der Waals surface area contributed by atoms with Crippen LogP contribution in [-0.4, -0.2) is 20.4 Å². The summed E-state index contributed by atoms with van der Waals surface area (Å²) in [5, 5.41) is 0. The lowest BCUT2D eigenvalue weighted by Gasteiger charge is -2.09. The predicted molar refractivity (Wildman–Crippen MR) is 72.8 cm³/mol. The van der Waals surface area contributed by atoms with Crippen molar-refractivity contribution in [2.75, 3.05) is 0 Å². The summed E-state index contributed by atoms with van der Waals surface area (Å²) in [5.74, 6) is 0. The Hall–Kier alpha value is -2.16. The molecule has 18 heavy (non-hydrogen) atoms. The number of rotatable bonds is 3. The highest BCUT2D eigenvalue weighted by Gasteiger charge is 2.09. The van der Waals surface area contributed by atoms with Crippen molar-refractivity contribution < 1.29 is 9.59 Å². The molecule has 0 aliphatic heterocycles. The molecule has 2 aromatic carbocycles. The van der Waals surface area contributed by atoms with Gasteiger partial charge in [0.2, 0.25) is 0 Å². The molecule has 0 saturated heterocycles. The van der Waals surface area contributed by atoms with Crippen molar-refractivity contribution in [3.8, 4) is 11.1 Å². The van der Waals surface area contributed by atoms with Crippen LogP contribution in [0.4, 0.5) is 0 Å². The second-order valence-electron chi connectivity index (χ2n) is 4.17. The summed E-state index contributed by atoms with van der Waals surface area (Å²) in [6, 6.07) is 10.6. The average molecular weight is 234 g/mol. The van der Waals surface area contributed by atoms with Crippen LogP contribution in [-0.2, 0) is 0 Å². The highest BCUT2D eigenvalue weighted by Crippen LogP contribution is 2.25. The first-order valence-corrected chi connectivity index (χ1v) is 5.56. The quantitative estimate of drug-likeness (QED) is 0.601. The van der Waals surface area contributed by atoms with E-state index in [1.54, 1.807) is 24.3 Å². The fourth-order valence-corrected chi connectivity index (χ4v) is 1.95. The third-order valence-corrected chi connectivity index (χ3v) is 2.83. The molecule has 0 aliphatic carbocycles. The van der Waals surface area contributed by atoms with Gasteiger partial charge in [-0.05, 0) is 24.1 Å². The lowest BCUT2D eigenvalue weighted by molar-refractivity contribution is 0.111. The Morgan fingerprint density at radius 2 is 1.44 bits per heavy atom. The lowest BCUT2D eigenvalue weighted by atomic mass is 9.88. The van der Waals surface area contributed by atoms with E-state index in [1.807, 2.05) is 19.1 Å². The molecule has 0 bridgehead atoms. The highest BCUT2D eigenvalue weighted by atomic mass is 16.1. The molecule has 2 rings (SSSR count). The molecule has 0 spiro atoms. The second kappa shape index (κ2) is 5.00. The third-order valence-electron chi connectivity index (χ3n) is 2.83. The first kappa shape index (κ1) is 12.3. The van der Waals surface area contributed by atoms with Crippen molar-refractivity contribution in [3.05, 3.63) is 53.1 Å². The van der Waals surface area contributed by atoms with Gasteiger partial charge in [0.15, 0.2) is 12.6 Å². The Bertz CT molecular complexity index is 562. The van der Waals surface area contributed by atoms with E-state index in [0.717, 1.165) is 29.3 Å². The normalized spacial score (nSPS) is 10.1. The molecule has 0 aromatic heterocycles. The van der Waals surface area contributed by atoms with Gasteiger partial charge in [-0.2, -0.15) is 0 Å². The summed E-state index contributed by atoms with van der Waals surface area (Å²) in [4.78, 5) is 22.2. The number of benzene rings is 2. The first-order valence-electron chi connectivity index (χ1n) is 5.56. The Labute approximate surface area is 107 Å². The van der Waals surface area contributed by atoms with Gasteiger partial charge >= 0.3 is 0 Å². The smallest absolute Gasteiger partial charge is 0.150 e. The molecule has 2 radical (unpaired) electrons. The van der Waals surface area contributed by atoms with Gasteiger partial charge in [-0.15, -0.1) is 0 Å². The fourth-order valence-electron chi connectivity index (χ4n) is 1.95. The molecule has 0 N–H and O–H groups in total. The number of carbonyl (C=O) groups is 2. The predicted octanol–water partition coefficient (Wildman–Crippen LogP) is 2.08. The maximum Gasteiger partial charge on any atom is 0.150 e. The zero-order chi connectivity index (χ0) is 13.1. The van der Waals surface area contributed by atoms with Crippen LogP contribution in [0.3, 0.4) is 0 Å². The molecule has 0 atom stereocenters. The van der Waals surface area contributed by atoms with Crippen molar-refractivity contribution in [2.45, 2.75) is 6.92 Å². The van der Waals surface area contributed by atoms with Gasteiger partial charge < -0.3 is 0 Å². The number of carbonyl (C=O) groups excluding carboxylic acids is 2. The van der Waals surface area contributed by atoms with E-state index in [1.165, 1.54) is 0 Å². The van der Waals surface area contributed by atoms with Crippen LogP contribution < -0.4 is 5.46 Å². The first-order chi connectivity index (χ1) is 8.65. The van der Waals surface area contributed by atoms with Gasteiger partial charge in [0.1, 0.15) is 7.85 Å². The van der Waals surface area contributed by atoms with E-state index in [0.29, 0.717) is 16.6 Å². The molecule has 2 aromatic rings. The maximum absolute atomic E-state index is 11.1. The van der Waals surface area contributed by atoms with E-state index < -0.39 is 0 Å². The summed E-state index contributed by atoms with van der Waals surface area (Å²) in [5.41, 5.74) is 4.06. The minimum absolute atomic E-state index is 0.488. The molecule has 2 nitrogen and oxygen atoms in total. The zero-order valence-electron chi connectivity index (χ0n) is 10.0. The largest absolute Gasteiger partial charge is 0.298 e. The fraction of sp³-hybridized carbons (Fsp3) is 0.0667. The molecule has 0 aliphatic rings. The van der Waals surface area contributed by atoms with Gasteiger partial charge in [-0.1, -0.05) is 41.4 Å². The summed E-state index contributed by atoms with van der Waals surface area (Å²) in [6.07, 6.45) is 1.55. The Morgan fingerprint density at radius 3 is 2.06 bits per heavy atom. The minimum Gasteiger partial charge on any atom is -0.298 e. The molecule has 0 heterocycles. The maximum atomic E-state index is 11.1. The number of aldehydes is 2. The van der Waals surface area contributed by atoms with Crippen LogP contribution in [0.2, 0.25) is 0 Å². The Morgan fingerprint density at radius 1 is 0.889 bits per heavy atom. The van der Waals surface area contributed by atoms with Gasteiger partial charge in [-0.3, -0.25) is 9.59 Å². The third kappa shape index (κ3) is 2.25. The molecular weight excluding hydrogens is 223 g/mol. The van der Waals surface area contributed by atoms with Crippen molar-refractivity contribution in [3.63, 3.8) is 0 Å². The van der Waals surface area contributed by atoms with E-state index in [-0.39, 0.29) is 0 Å². The highest BCUT2D eigenvalue weighted by molar-refractivity contribution is 6.32. The molecule has 0 unspecified atom stereocenters. The summed E-state index contributed by atoms with van der Waals surface area (Å²) >= 11 is 0. The van der Waals surface area contributed by atoms with Crippen LogP contribution in [0.1, 0.15) is 26.3 Å². The number of hydrogen-bond donors (Lipinski definition) is 0. The van der Waals surface area contributed by atoms with E-state index in [2.05, 4.69) is 0 Å². The van der Waals surface area contributed by atoms with Gasteiger partial charge in [-0.25, -0.2) is 0 Å². The standard InChI is InChI=1S/C15H11BO2/c1-10-2-4-14(11(6-10)8-17)15-5-3-13(16)7-12(15)9-18/h2-9H,1H3. The van der Waals surface area contributed by atoms with Crippen LogP contribution in [0, 0.1) is 6.92 Å². The van der Waals surface area contributed by atoms with Crippen LogP contribution in [0.15, 0.2) is 36.4 Å². The lowest BCUT2D eigenvalue weighted by Crippen LogP contribution is -2.04. The number of aryl methyl sites for hydroxylation is 1. The molecular formula is C15H11BO2.